The van der Waals surface area contributed by atoms with Gasteiger partial charge in [-0.25, -0.2) is 4.98 Å². The van der Waals surface area contributed by atoms with Crippen LogP contribution < -0.4 is 20.3 Å². The fourth-order valence-electron chi connectivity index (χ4n) is 3.12. The molecule has 0 unspecified atom stereocenters. The van der Waals surface area contributed by atoms with Gasteiger partial charge in [0.1, 0.15) is 18.2 Å². The molecule has 1 aliphatic heterocycles. The van der Waals surface area contributed by atoms with Crippen molar-refractivity contribution in [2.45, 2.75) is 13.5 Å². The fourth-order valence-corrected chi connectivity index (χ4v) is 3.12. The second-order valence-corrected chi connectivity index (χ2v) is 7.33. The van der Waals surface area contributed by atoms with Crippen LogP contribution in [0, 0.1) is 6.92 Å². The highest BCUT2D eigenvalue weighted by Gasteiger charge is 2.14. The highest BCUT2D eigenvalue weighted by atomic mass is 16.5. The number of benzene rings is 1. The first-order valence-electron chi connectivity index (χ1n) is 10.2. The van der Waals surface area contributed by atoms with Crippen LogP contribution in [0.15, 0.2) is 47.6 Å². The SMILES string of the molecule is CN=C(NCCOc1ccc(C)cc1)NCc1ccc(N2CCN(C)CC2)nc1. The predicted octanol–water partition coefficient (Wildman–Crippen LogP) is 1.89. The van der Waals surface area contributed by atoms with Crippen molar-refractivity contribution < 1.29 is 4.74 Å². The minimum atomic E-state index is 0.574. The van der Waals surface area contributed by atoms with E-state index >= 15 is 0 Å². The predicted molar refractivity (Wildman–Crippen MR) is 119 cm³/mol. The quantitative estimate of drug-likeness (QED) is 0.423. The third-order valence-electron chi connectivity index (χ3n) is 5.00. The number of ether oxygens (including phenoxy) is 1. The Morgan fingerprint density at radius 1 is 1.07 bits per heavy atom. The van der Waals surface area contributed by atoms with Crippen LogP contribution >= 0.6 is 0 Å². The molecule has 0 radical (unpaired) electrons. The van der Waals surface area contributed by atoms with Crippen LogP contribution in [0.1, 0.15) is 11.1 Å². The summed E-state index contributed by atoms with van der Waals surface area (Å²) in [4.78, 5) is 13.6. The number of pyridine rings is 1. The third kappa shape index (κ3) is 6.64. The van der Waals surface area contributed by atoms with Gasteiger partial charge in [-0.05, 0) is 37.7 Å². The number of rotatable bonds is 7. The van der Waals surface area contributed by atoms with Crippen LogP contribution in [0.3, 0.4) is 0 Å². The number of aromatic nitrogens is 1. The number of piperazine rings is 1. The molecule has 0 amide bonds. The highest BCUT2D eigenvalue weighted by molar-refractivity contribution is 5.79. The summed E-state index contributed by atoms with van der Waals surface area (Å²) in [7, 11) is 3.93. The van der Waals surface area contributed by atoms with E-state index in [2.05, 4.69) is 56.5 Å². The summed E-state index contributed by atoms with van der Waals surface area (Å²) >= 11 is 0. The van der Waals surface area contributed by atoms with Gasteiger partial charge in [-0.15, -0.1) is 0 Å². The van der Waals surface area contributed by atoms with Crippen molar-refractivity contribution >= 4 is 11.8 Å². The number of likely N-dealkylation sites (N-methyl/N-ethyl adjacent to an activating group) is 1. The van der Waals surface area contributed by atoms with Crippen LogP contribution in [0.4, 0.5) is 5.82 Å². The summed E-state index contributed by atoms with van der Waals surface area (Å²) in [5.41, 5.74) is 2.35. The molecule has 2 N–H and O–H groups in total. The lowest BCUT2D eigenvalue weighted by molar-refractivity contribution is 0.312. The maximum Gasteiger partial charge on any atom is 0.191 e. The number of aliphatic imine (C=N–C) groups is 1. The van der Waals surface area contributed by atoms with Gasteiger partial charge in [0.05, 0.1) is 6.54 Å². The minimum Gasteiger partial charge on any atom is -0.492 e. The summed E-state index contributed by atoms with van der Waals surface area (Å²) in [5.74, 6) is 2.69. The molecule has 2 aromatic rings. The van der Waals surface area contributed by atoms with Gasteiger partial charge < -0.3 is 25.2 Å². The van der Waals surface area contributed by atoms with Crippen LogP contribution in [0.2, 0.25) is 0 Å². The Morgan fingerprint density at radius 3 is 2.48 bits per heavy atom. The molecule has 0 atom stereocenters. The summed E-state index contributed by atoms with van der Waals surface area (Å²) in [6.45, 7) is 8.22. The van der Waals surface area contributed by atoms with E-state index in [0.717, 1.165) is 49.3 Å². The molecule has 7 heteroatoms. The van der Waals surface area contributed by atoms with Crippen molar-refractivity contribution in [3.05, 3.63) is 53.7 Å². The van der Waals surface area contributed by atoms with E-state index < -0.39 is 0 Å². The molecule has 0 saturated carbocycles. The number of nitrogens with zero attached hydrogens (tertiary/aromatic N) is 4. The molecule has 3 rings (SSSR count). The zero-order valence-electron chi connectivity index (χ0n) is 17.7. The molecule has 1 aromatic heterocycles. The number of nitrogens with one attached hydrogen (secondary N) is 2. The van der Waals surface area contributed by atoms with Gasteiger partial charge in [0, 0.05) is 46.0 Å². The summed E-state index contributed by atoms with van der Waals surface area (Å²) in [6, 6.07) is 12.3. The summed E-state index contributed by atoms with van der Waals surface area (Å²) in [5, 5.41) is 6.59. The average Bonchev–Trinajstić information content (AvgIpc) is 2.75. The van der Waals surface area contributed by atoms with E-state index in [1.165, 1.54) is 5.56 Å². The van der Waals surface area contributed by atoms with Gasteiger partial charge in [-0.3, -0.25) is 4.99 Å². The van der Waals surface area contributed by atoms with Gasteiger partial charge in [0.2, 0.25) is 0 Å². The van der Waals surface area contributed by atoms with E-state index in [1.807, 2.05) is 30.5 Å². The lowest BCUT2D eigenvalue weighted by Crippen LogP contribution is -2.44. The zero-order valence-corrected chi connectivity index (χ0v) is 17.7. The number of anilines is 1. The Labute approximate surface area is 173 Å². The van der Waals surface area contributed by atoms with Gasteiger partial charge in [0.25, 0.3) is 0 Å². The smallest absolute Gasteiger partial charge is 0.191 e. The van der Waals surface area contributed by atoms with E-state index in [1.54, 1.807) is 7.05 Å². The first-order chi connectivity index (χ1) is 14.1. The van der Waals surface area contributed by atoms with Crippen molar-refractivity contribution in [3.8, 4) is 5.75 Å². The maximum absolute atomic E-state index is 5.73. The molecule has 29 heavy (non-hydrogen) atoms. The van der Waals surface area contributed by atoms with Crippen LogP contribution in [0.5, 0.6) is 5.75 Å². The van der Waals surface area contributed by atoms with E-state index in [4.69, 9.17) is 4.74 Å². The van der Waals surface area contributed by atoms with Gasteiger partial charge >= 0.3 is 0 Å². The standard InChI is InChI=1S/C22H32N6O/c1-18-4-7-20(8-5-18)29-15-10-24-22(23-2)26-17-19-6-9-21(25-16-19)28-13-11-27(3)12-14-28/h4-9,16H,10-15,17H2,1-3H3,(H2,23,24,26). The Bertz CT molecular complexity index is 767. The number of aryl methyl sites for hydroxylation is 1. The number of hydrogen-bond donors (Lipinski definition) is 2. The molecule has 2 heterocycles. The minimum absolute atomic E-state index is 0.574. The fraction of sp³-hybridized carbons (Fsp3) is 0.455. The van der Waals surface area contributed by atoms with E-state index in [0.29, 0.717) is 19.7 Å². The van der Waals surface area contributed by atoms with Gasteiger partial charge in [-0.2, -0.15) is 0 Å². The van der Waals surface area contributed by atoms with Crippen LogP contribution in [0.25, 0.3) is 0 Å². The second kappa shape index (κ2) is 10.7. The molecular formula is C22H32N6O. The maximum atomic E-state index is 5.73. The lowest BCUT2D eigenvalue weighted by atomic mass is 10.2. The molecule has 1 aromatic carbocycles. The normalized spacial score (nSPS) is 15.3. The largest absolute Gasteiger partial charge is 0.492 e. The van der Waals surface area contributed by atoms with Crippen molar-refractivity contribution in [3.63, 3.8) is 0 Å². The van der Waals surface area contributed by atoms with E-state index in [9.17, 15) is 0 Å². The Morgan fingerprint density at radius 2 is 1.83 bits per heavy atom. The molecule has 7 nitrogen and oxygen atoms in total. The molecule has 1 aliphatic rings. The Hall–Kier alpha value is -2.80. The van der Waals surface area contributed by atoms with Gasteiger partial charge in [0.15, 0.2) is 5.96 Å². The Kier molecular flexibility index (Phi) is 7.69. The average molecular weight is 397 g/mol. The first-order valence-corrected chi connectivity index (χ1v) is 10.2. The van der Waals surface area contributed by atoms with E-state index in [-0.39, 0.29) is 0 Å². The number of hydrogen-bond acceptors (Lipinski definition) is 5. The molecule has 156 valence electrons. The van der Waals surface area contributed by atoms with Crippen molar-refractivity contribution in [1.29, 1.82) is 0 Å². The molecule has 0 bridgehead atoms. The van der Waals surface area contributed by atoms with Crippen molar-refractivity contribution in [1.82, 2.24) is 20.5 Å². The van der Waals surface area contributed by atoms with Gasteiger partial charge in [-0.1, -0.05) is 23.8 Å². The van der Waals surface area contributed by atoms with Crippen LogP contribution in [-0.2, 0) is 6.54 Å². The molecule has 0 spiro atoms. The highest BCUT2D eigenvalue weighted by Crippen LogP contribution is 2.13. The summed E-state index contributed by atoms with van der Waals surface area (Å²) in [6.07, 6.45) is 1.94. The third-order valence-corrected chi connectivity index (χ3v) is 5.00. The van der Waals surface area contributed by atoms with Crippen LogP contribution in [-0.4, -0.2) is 69.3 Å². The topological polar surface area (TPSA) is 65.0 Å². The van der Waals surface area contributed by atoms with Crippen molar-refractivity contribution in [2.75, 3.05) is 58.3 Å². The zero-order chi connectivity index (χ0) is 20.5. The first kappa shape index (κ1) is 20.9. The molecule has 1 fully saturated rings. The molecular weight excluding hydrogens is 364 g/mol. The monoisotopic (exact) mass is 396 g/mol. The molecule has 0 aliphatic carbocycles. The Balaban J connectivity index is 1.38. The lowest BCUT2D eigenvalue weighted by Gasteiger charge is -2.33. The second-order valence-electron chi connectivity index (χ2n) is 7.33. The molecule has 1 saturated heterocycles. The van der Waals surface area contributed by atoms with Crippen molar-refractivity contribution in [2.24, 2.45) is 4.99 Å². The summed E-state index contributed by atoms with van der Waals surface area (Å²) < 4.78 is 5.73. The number of guanidine groups is 1.